The van der Waals surface area contributed by atoms with Crippen LogP contribution in [0, 0.1) is 0 Å². The summed E-state index contributed by atoms with van der Waals surface area (Å²) in [6.45, 7) is 3.99. The van der Waals surface area contributed by atoms with E-state index in [0.717, 1.165) is 109 Å². The highest BCUT2D eigenvalue weighted by Gasteiger charge is 2.21. The summed E-state index contributed by atoms with van der Waals surface area (Å²) < 4.78 is 33.8. The van der Waals surface area contributed by atoms with Gasteiger partial charge >= 0.3 is 11.9 Å². The fraction of sp³-hybridized carbons (Fsp3) is 0.696. The third kappa shape index (κ3) is 41.1. The number of nitrogens with zero attached hydrogens (tertiary/aromatic N) is 1. The van der Waals surface area contributed by atoms with Crippen LogP contribution in [0.1, 0.15) is 155 Å². The Balaban J connectivity index is 4.42. The molecule has 0 fully saturated rings. The molecule has 0 aliphatic carbocycles. The monoisotopic (exact) mass is 806 g/mol. The SMILES string of the molecule is CC/C=C\C/C=C\C/C=C\C/C=C\CCCCCCCCC(=O)OC(COC(=O)CCCCCCC/C=C\C/C=C\CCC)COP(=O)([O-])OCC[N+](C)(C)C. The van der Waals surface area contributed by atoms with Crippen molar-refractivity contribution >= 4 is 19.8 Å². The first kappa shape index (κ1) is 53.5. The molecular formula is C46H80NO8P. The third-order valence-electron chi connectivity index (χ3n) is 8.69. The highest BCUT2D eigenvalue weighted by atomic mass is 31.2. The van der Waals surface area contributed by atoms with Crippen LogP contribution in [-0.4, -0.2) is 70.0 Å². The van der Waals surface area contributed by atoms with Crippen molar-refractivity contribution in [2.24, 2.45) is 0 Å². The maximum atomic E-state index is 12.7. The number of rotatable bonds is 38. The minimum absolute atomic E-state index is 0.0401. The summed E-state index contributed by atoms with van der Waals surface area (Å²) in [6.07, 6.45) is 46.4. The lowest BCUT2D eigenvalue weighted by Gasteiger charge is -2.28. The van der Waals surface area contributed by atoms with E-state index in [-0.39, 0.29) is 26.1 Å². The van der Waals surface area contributed by atoms with Crippen molar-refractivity contribution in [2.45, 2.75) is 161 Å². The summed E-state index contributed by atoms with van der Waals surface area (Å²) in [5.74, 6) is -0.875. The number of ether oxygens (including phenoxy) is 2. The Morgan fingerprint density at radius 3 is 1.52 bits per heavy atom. The number of carbonyl (C=O) groups excluding carboxylic acids is 2. The summed E-state index contributed by atoms with van der Waals surface area (Å²) in [4.78, 5) is 37.5. The van der Waals surface area contributed by atoms with Crippen molar-refractivity contribution in [1.82, 2.24) is 0 Å². The highest BCUT2D eigenvalue weighted by molar-refractivity contribution is 7.45. The van der Waals surface area contributed by atoms with Crippen LogP contribution in [0.25, 0.3) is 0 Å². The lowest BCUT2D eigenvalue weighted by molar-refractivity contribution is -0.870. The zero-order chi connectivity index (χ0) is 41.4. The van der Waals surface area contributed by atoms with Gasteiger partial charge in [0.1, 0.15) is 19.8 Å². The van der Waals surface area contributed by atoms with E-state index in [9.17, 15) is 19.0 Å². The molecule has 0 aromatic carbocycles. The van der Waals surface area contributed by atoms with E-state index in [1.807, 2.05) is 21.1 Å². The first-order valence-electron chi connectivity index (χ1n) is 21.6. The number of phosphoric ester groups is 1. The molecule has 322 valence electrons. The number of hydrogen-bond donors (Lipinski definition) is 0. The molecule has 9 nitrogen and oxygen atoms in total. The molecule has 10 heteroatoms. The Labute approximate surface area is 342 Å². The smallest absolute Gasteiger partial charge is 0.306 e. The molecule has 0 saturated heterocycles. The molecule has 0 spiro atoms. The van der Waals surface area contributed by atoms with E-state index in [0.29, 0.717) is 23.9 Å². The van der Waals surface area contributed by atoms with Crippen molar-refractivity contribution in [3.8, 4) is 0 Å². The largest absolute Gasteiger partial charge is 0.756 e. The van der Waals surface area contributed by atoms with Crippen LogP contribution in [0.4, 0.5) is 0 Å². The topological polar surface area (TPSA) is 111 Å². The molecule has 0 N–H and O–H groups in total. The Kier molecular flexibility index (Phi) is 36.3. The van der Waals surface area contributed by atoms with Crippen molar-refractivity contribution in [1.29, 1.82) is 0 Å². The first-order valence-corrected chi connectivity index (χ1v) is 23.1. The summed E-state index contributed by atoms with van der Waals surface area (Å²) in [6, 6.07) is 0. The number of esters is 2. The van der Waals surface area contributed by atoms with Gasteiger partial charge in [0.15, 0.2) is 6.10 Å². The van der Waals surface area contributed by atoms with E-state index in [4.69, 9.17) is 18.5 Å². The predicted octanol–water partition coefficient (Wildman–Crippen LogP) is 11.6. The fourth-order valence-electron chi connectivity index (χ4n) is 5.33. The lowest BCUT2D eigenvalue weighted by Crippen LogP contribution is -2.37. The molecule has 0 aliphatic rings. The van der Waals surface area contributed by atoms with Gasteiger partial charge in [-0.05, 0) is 77.0 Å². The summed E-state index contributed by atoms with van der Waals surface area (Å²) in [5, 5.41) is 0. The van der Waals surface area contributed by atoms with Crippen molar-refractivity contribution < 1.29 is 42.1 Å². The Bertz CT molecular complexity index is 1180. The molecule has 0 saturated carbocycles. The number of allylic oxidation sites excluding steroid dienone is 12. The average molecular weight is 806 g/mol. The van der Waals surface area contributed by atoms with Gasteiger partial charge in [0, 0.05) is 12.8 Å². The normalized spacial score (nSPS) is 14.3. The van der Waals surface area contributed by atoms with E-state index in [1.54, 1.807) is 0 Å². The fourth-order valence-corrected chi connectivity index (χ4v) is 6.06. The highest BCUT2D eigenvalue weighted by Crippen LogP contribution is 2.38. The summed E-state index contributed by atoms with van der Waals surface area (Å²) >= 11 is 0. The number of phosphoric acid groups is 1. The van der Waals surface area contributed by atoms with E-state index >= 15 is 0 Å². The maximum absolute atomic E-state index is 12.7. The van der Waals surface area contributed by atoms with E-state index in [1.165, 1.54) is 6.42 Å². The van der Waals surface area contributed by atoms with Crippen LogP contribution in [0.15, 0.2) is 72.9 Å². The van der Waals surface area contributed by atoms with E-state index < -0.39 is 32.5 Å². The van der Waals surface area contributed by atoms with Crippen molar-refractivity contribution in [3.05, 3.63) is 72.9 Å². The number of unbranched alkanes of at least 4 members (excludes halogenated alkanes) is 12. The van der Waals surface area contributed by atoms with Gasteiger partial charge in [-0.2, -0.15) is 0 Å². The van der Waals surface area contributed by atoms with Crippen molar-refractivity contribution in [2.75, 3.05) is 47.5 Å². The average Bonchev–Trinajstić information content (AvgIpc) is 3.15. The van der Waals surface area contributed by atoms with Gasteiger partial charge in [-0.25, -0.2) is 0 Å². The second-order valence-corrected chi connectivity index (χ2v) is 16.7. The lowest BCUT2D eigenvalue weighted by atomic mass is 10.1. The first-order chi connectivity index (χ1) is 27.0. The summed E-state index contributed by atoms with van der Waals surface area (Å²) in [5.41, 5.74) is 0. The maximum Gasteiger partial charge on any atom is 0.306 e. The van der Waals surface area contributed by atoms with E-state index in [2.05, 4.69) is 86.8 Å². The standard InChI is InChI=1S/C46H80NO8P/c1-6-8-10-12-14-16-18-20-21-22-23-24-25-27-29-31-33-35-37-39-46(49)55-44(43-54-56(50,51)53-41-40-47(3,4)5)42-52-45(48)38-36-34-32-30-28-26-19-17-15-13-11-9-7-2/h8,10-11,13-14,16-17,19-21,23-24,44H,6-7,9,12,15,18,22,25-43H2,1-5H3/b10-8-,13-11-,16-14-,19-17-,21-20-,24-23-. The molecule has 2 unspecified atom stereocenters. The van der Waals surface area contributed by atoms with Gasteiger partial charge < -0.3 is 27.9 Å². The van der Waals surface area contributed by atoms with Gasteiger partial charge in [-0.15, -0.1) is 0 Å². The molecule has 0 amide bonds. The molecule has 0 radical (unpaired) electrons. The second-order valence-electron chi connectivity index (χ2n) is 15.3. The van der Waals surface area contributed by atoms with Gasteiger partial charge in [0.25, 0.3) is 7.82 Å². The molecular weight excluding hydrogens is 725 g/mol. The number of carbonyl (C=O) groups is 2. The zero-order valence-corrected chi connectivity index (χ0v) is 36.9. The minimum atomic E-state index is -4.63. The van der Waals surface area contributed by atoms with Crippen LogP contribution in [-0.2, 0) is 32.7 Å². The molecule has 0 aromatic heterocycles. The molecule has 56 heavy (non-hydrogen) atoms. The Hall–Kier alpha value is -2.55. The number of quaternary nitrogens is 1. The molecule has 0 aliphatic heterocycles. The molecule has 0 bridgehead atoms. The van der Waals surface area contributed by atoms with Crippen molar-refractivity contribution in [3.63, 3.8) is 0 Å². The van der Waals surface area contributed by atoms with Crippen LogP contribution >= 0.6 is 7.82 Å². The quantitative estimate of drug-likeness (QED) is 0.0199. The van der Waals surface area contributed by atoms with Crippen LogP contribution in [0.2, 0.25) is 0 Å². The van der Waals surface area contributed by atoms with Gasteiger partial charge in [-0.3, -0.25) is 14.2 Å². The van der Waals surface area contributed by atoms with Crippen LogP contribution in [0.5, 0.6) is 0 Å². The molecule has 2 atom stereocenters. The Morgan fingerprint density at radius 1 is 0.571 bits per heavy atom. The van der Waals surface area contributed by atoms with Gasteiger partial charge in [-0.1, -0.05) is 138 Å². The molecule has 0 rings (SSSR count). The van der Waals surface area contributed by atoms with Gasteiger partial charge in [0.05, 0.1) is 27.7 Å². The van der Waals surface area contributed by atoms with Crippen LogP contribution in [0.3, 0.4) is 0 Å². The van der Waals surface area contributed by atoms with Crippen LogP contribution < -0.4 is 4.89 Å². The molecule has 0 heterocycles. The Morgan fingerprint density at radius 2 is 1.02 bits per heavy atom. The number of likely N-dealkylation sites (N-methyl/N-ethyl adjacent to an activating group) is 1. The van der Waals surface area contributed by atoms with Gasteiger partial charge in [0.2, 0.25) is 0 Å². The zero-order valence-electron chi connectivity index (χ0n) is 36.1. The minimum Gasteiger partial charge on any atom is -0.756 e. The number of hydrogen-bond acceptors (Lipinski definition) is 8. The third-order valence-corrected chi connectivity index (χ3v) is 9.66. The summed E-state index contributed by atoms with van der Waals surface area (Å²) in [7, 11) is 1.13. The predicted molar refractivity (Wildman–Crippen MR) is 231 cm³/mol. The second kappa shape index (κ2) is 38.0. The molecule has 0 aromatic rings.